The van der Waals surface area contributed by atoms with E-state index in [4.69, 9.17) is 11.6 Å². The highest BCUT2D eigenvalue weighted by molar-refractivity contribution is 6.30. The molecule has 0 unspecified atom stereocenters. The van der Waals surface area contributed by atoms with Crippen molar-refractivity contribution in [1.29, 1.82) is 0 Å². The number of carbonyl (C=O) groups is 1. The summed E-state index contributed by atoms with van der Waals surface area (Å²) in [5, 5.41) is 7.25. The summed E-state index contributed by atoms with van der Waals surface area (Å²) >= 11 is 5.91. The van der Waals surface area contributed by atoms with E-state index >= 15 is 0 Å². The van der Waals surface area contributed by atoms with Crippen LogP contribution in [0.3, 0.4) is 0 Å². The smallest absolute Gasteiger partial charge is 0.230 e. The van der Waals surface area contributed by atoms with Gasteiger partial charge < -0.3 is 10.6 Å². The molecule has 2 fully saturated rings. The molecule has 1 aliphatic heterocycles. The van der Waals surface area contributed by atoms with Gasteiger partial charge in [-0.3, -0.25) is 4.79 Å². The summed E-state index contributed by atoms with van der Waals surface area (Å²) in [5.41, 5.74) is 0.806. The van der Waals surface area contributed by atoms with Crippen molar-refractivity contribution in [2.45, 2.75) is 37.1 Å². The molecule has 0 radical (unpaired) electrons. The first-order valence-corrected chi connectivity index (χ1v) is 7.36. The fraction of sp³-hybridized carbons (Fsp3) is 0.533. The molecule has 1 aromatic carbocycles. The first-order valence-electron chi connectivity index (χ1n) is 6.98. The van der Waals surface area contributed by atoms with Gasteiger partial charge in [0.2, 0.25) is 5.91 Å². The molecule has 2 aliphatic rings. The van der Waals surface area contributed by atoms with E-state index in [2.05, 4.69) is 10.6 Å². The lowest BCUT2D eigenvalue weighted by atomic mass is 9.94. The van der Waals surface area contributed by atoms with Crippen molar-refractivity contribution in [2.75, 3.05) is 13.1 Å². The van der Waals surface area contributed by atoms with Gasteiger partial charge in [0.25, 0.3) is 0 Å². The maximum absolute atomic E-state index is 12.5. The number of rotatable bonds is 3. The van der Waals surface area contributed by atoms with E-state index in [1.807, 2.05) is 24.3 Å². The summed E-state index contributed by atoms with van der Waals surface area (Å²) in [5.74, 6) is 0.184. The van der Waals surface area contributed by atoms with Gasteiger partial charge in [-0.05, 0) is 49.9 Å². The van der Waals surface area contributed by atoms with E-state index in [0.29, 0.717) is 0 Å². The molecule has 5 heteroatoms. The van der Waals surface area contributed by atoms with Crippen molar-refractivity contribution >= 4 is 29.9 Å². The number of benzene rings is 1. The minimum atomic E-state index is -0.290. The van der Waals surface area contributed by atoms with Crippen molar-refractivity contribution in [1.82, 2.24) is 10.6 Å². The standard InChI is InChI=1S/C15H19ClN2O.ClH/c16-12-5-3-11(4-6-12)15(7-8-15)14(19)18-13-2-1-9-17-10-13;/h3-6,13,17H,1-2,7-10H2,(H,18,19);1H/t13-;/m0./s1. The van der Waals surface area contributed by atoms with E-state index in [1.54, 1.807) is 0 Å². The number of halogens is 2. The Morgan fingerprint density at radius 1 is 1.30 bits per heavy atom. The van der Waals surface area contributed by atoms with Crippen LogP contribution in [0, 0.1) is 0 Å². The van der Waals surface area contributed by atoms with Crippen LogP contribution in [0.1, 0.15) is 31.2 Å². The van der Waals surface area contributed by atoms with Crippen LogP contribution >= 0.6 is 24.0 Å². The Hall–Kier alpha value is -0.770. The SMILES string of the molecule is Cl.O=C(N[C@H]1CCCNC1)C1(c2ccc(Cl)cc2)CC1. The lowest BCUT2D eigenvalue weighted by Crippen LogP contribution is -2.48. The quantitative estimate of drug-likeness (QED) is 0.900. The first kappa shape index (κ1) is 15.6. The van der Waals surface area contributed by atoms with Crippen molar-refractivity contribution in [3.05, 3.63) is 34.9 Å². The van der Waals surface area contributed by atoms with Gasteiger partial charge in [-0.15, -0.1) is 12.4 Å². The fourth-order valence-electron chi connectivity index (χ4n) is 2.84. The highest BCUT2D eigenvalue weighted by atomic mass is 35.5. The second-order valence-electron chi connectivity index (χ2n) is 5.61. The van der Waals surface area contributed by atoms with E-state index in [0.717, 1.165) is 49.4 Å². The molecule has 0 aromatic heterocycles. The lowest BCUT2D eigenvalue weighted by Gasteiger charge is -2.26. The third kappa shape index (κ3) is 3.11. The molecule has 1 atom stereocenters. The van der Waals surface area contributed by atoms with E-state index < -0.39 is 0 Å². The summed E-state index contributed by atoms with van der Waals surface area (Å²) in [6.07, 6.45) is 4.11. The van der Waals surface area contributed by atoms with Gasteiger partial charge >= 0.3 is 0 Å². The largest absolute Gasteiger partial charge is 0.351 e. The molecule has 1 aliphatic carbocycles. The molecule has 1 amide bonds. The predicted octanol–water partition coefficient (Wildman–Crippen LogP) is 2.66. The summed E-state index contributed by atoms with van der Waals surface area (Å²) < 4.78 is 0. The van der Waals surface area contributed by atoms with Gasteiger partial charge in [-0.25, -0.2) is 0 Å². The third-order valence-electron chi connectivity index (χ3n) is 4.21. The minimum Gasteiger partial charge on any atom is -0.351 e. The van der Waals surface area contributed by atoms with Crippen LogP contribution in [-0.2, 0) is 10.2 Å². The van der Waals surface area contributed by atoms with Crippen molar-refractivity contribution in [3.63, 3.8) is 0 Å². The average molecular weight is 315 g/mol. The zero-order valence-electron chi connectivity index (χ0n) is 11.3. The molecule has 2 N–H and O–H groups in total. The summed E-state index contributed by atoms with van der Waals surface area (Å²) in [7, 11) is 0. The van der Waals surface area contributed by atoms with Crippen LogP contribution in [0.2, 0.25) is 5.02 Å². The minimum absolute atomic E-state index is 0. The Kier molecular flexibility index (Phi) is 4.95. The summed E-state index contributed by atoms with van der Waals surface area (Å²) in [6.45, 7) is 1.96. The van der Waals surface area contributed by atoms with Crippen LogP contribution in [0.25, 0.3) is 0 Å². The molecule has 1 aromatic rings. The van der Waals surface area contributed by atoms with Crippen LogP contribution < -0.4 is 10.6 Å². The number of hydrogen-bond donors (Lipinski definition) is 2. The van der Waals surface area contributed by atoms with E-state index in [-0.39, 0.29) is 29.8 Å². The molecule has 0 spiro atoms. The molecule has 1 saturated carbocycles. The van der Waals surface area contributed by atoms with Crippen LogP contribution in [-0.4, -0.2) is 25.0 Å². The van der Waals surface area contributed by atoms with Gasteiger partial charge in [0.1, 0.15) is 0 Å². The monoisotopic (exact) mass is 314 g/mol. The number of hydrogen-bond acceptors (Lipinski definition) is 2. The highest BCUT2D eigenvalue weighted by Gasteiger charge is 2.51. The average Bonchev–Trinajstić information content (AvgIpc) is 3.22. The highest BCUT2D eigenvalue weighted by Crippen LogP contribution is 2.48. The van der Waals surface area contributed by atoms with E-state index in [1.165, 1.54) is 0 Å². The molecule has 1 saturated heterocycles. The maximum atomic E-state index is 12.5. The third-order valence-corrected chi connectivity index (χ3v) is 4.47. The lowest BCUT2D eigenvalue weighted by molar-refractivity contribution is -0.124. The van der Waals surface area contributed by atoms with Gasteiger partial charge in [0.15, 0.2) is 0 Å². The Balaban J connectivity index is 0.00000147. The van der Waals surface area contributed by atoms with Crippen molar-refractivity contribution in [3.8, 4) is 0 Å². The normalized spacial score (nSPS) is 23.6. The second-order valence-corrected chi connectivity index (χ2v) is 6.04. The molecule has 1 heterocycles. The van der Waals surface area contributed by atoms with Crippen LogP contribution in [0.15, 0.2) is 24.3 Å². The predicted molar refractivity (Wildman–Crippen MR) is 83.6 cm³/mol. The Morgan fingerprint density at radius 3 is 2.55 bits per heavy atom. The molecular formula is C15H20Cl2N2O. The van der Waals surface area contributed by atoms with Gasteiger partial charge in [-0.2, -0.15) is 0 Å². The van der Waals surface area contributed by atoms with Crippen molar-refractivity contribution < 1.29 is 4.79 Å². The topological polar surface area (TPSA) is 41.1 Å². The molecule has 3 nitrogen and oxygen atoms in total. The Labute approximate surface area is 130 Å². The molecule has 0 bridgehead atoms. The zero-order chi connectivity index (χ0) is 13.3. The number of piperidine rings is 1. The molecular weight excluding hydrogens is 295 g/mol. The Bertz CT molecular complexity index is 465. The number of nitrogens with one attached hydrogen (secondary N) is 2. The van der Waals surface area contributed by atoms with Crippen LogP contribution in [0.4, 0.5) is 0 Å². The molecule has 20 heavy (non-hydrogen) atoms. The first-order chi connectivity index (χ1) is 9.21. The number of carbonyl (C=O) groups excluding carboxylic acids is 1. The van der Waals surface area contributed by atoms with Gasteiger partial charge in [0, 0.05) is 17.6 Å². The second kappa shape index (κ2) is 6.33. The van der Waals surface area contributed by atoms with Crippen LogP contribution in [0.5, 0.6) is 0 Å². The van der Waals surface area contributed by atoms with Gasteiger partial charge in [-0.1, -0.05) is 23.7 Å². The number of amides is 1. The van der Waals surface area contributed by atoms with E-state index in [9.17, 15) is 4.79 Å². The maximum Gasteiger partial charge on any atom is 0.230 e. The van der Waals surface area contributed by atoms with Gasteiger partial charge in [0.05, 0.1) is 5.41 Å². The fourth-order valence-corrected chi connectivity index (χ4v) is 2.97. The summed E-state index contributed by atoms with van der Waals surface area (Å²) in [6, 6.07) is 7.98. The molecule has 3 rings (SSSR count). The Morgan fingerprint density at radius 2 is 2.00 bits per heavy atom. The zero-order valence-corrected chi connectivity index (χ0v) is 12.9. The van der Waals surface area contributed by atoms with Crippen molar-refractivity contribution in [2.24, 2.45) is 0 Å². The summed E-state index contributed by atoms with van der Waals surface area (Å²) in [4.78, 5) is 12.5. The molecule has 110 valence electrons.